The van der Waals surface area contributed by atoms with Gasteiger partial charge < -0.3 is 15.7 Å². The Kier molecular flexibility index (Phi) is 4.85. The van der Waals surface area contributed by atoms with E-state index in [0.717, 1.165) is 12.1 Å². The van der Waals surface area contributed by atoms with Crippen molar-refractivity contribution in [3.63, 3.8) is 0 Å². The second-order valence-electron chi connectivity index (χ2n) is 5.11. The molecule has 0 heterocycles. The number of carboxylic acid groups (broad SMARTS) is 1. The quantitative estimate of drug-likeness (QED) is 0.539. The largest absolute Gasteiger partial charge is 0.478 e. The van der Waals surface area contributed by atoms with Crippen molar-refractivity contribution in [3.05, 3.63) is 33.9 Å². The molecular formula is C13H17N3O5. The first-order valence-corrected chi connectivity index (χ1v) is 6.17. The lowest BCUT2D eigenvalue weighted by atomic mass is 9.92. The molecule has 0 radical (unpaired) electrons. The molecule has 0 atom stereocenters. The molecule has 1 rings (SSSR count). The third kappa shape index (κ3) is 3.91. The van der Waals surface area contributed by atoms with Gasteiger partial charge in [-0.2, -0.15) is 0 Å². The van der Waals surface area contributed by atoms with E-state index in [1.165, 1.54) is 13.1 Å². The van der Waals surface area contributed by atoms with Crippen LogP contribution >= 0.6 is 0 Å². The van der Waals surface area contributed by atoms with Crippen molar-refractivity contribution in [2.75, 3.05) is 18.9 Å². The van der Waals surface area contributed by atoms with Crippen molar-refractivity contribution in [3.8, 4) is 0 Å². The van der Waals surface area contributed by atoms with Crippen molar-refractivity contribution in [2.24, 2.45) is 5.41 Å². The highest BCUT2D eigenvalue weighted by Gasteiger charge is 2.27. The van der Waals surface area contributed by atoms with Crippen LogP contribution in [-0.4, -0.2) is 35.5 Å². The fourth-order valence-corrected chi connectivity index (χ4v) is 1.70. The van der Waals surface area contributed by atoms with Crippen LogP contribution in [0.5, 0.6) is 0 Å². The third-order valence-electron chi connectivity index (χ3n) is 3.00. The number of nitro benzene ring substituents is 1. The highest BCUT2D eigenvalue weighted by molar-refractivity contribution is 5.90. The molecular weight excluding hydrogens is 278 g/mol. The summed E-state index contributed by atoms with van der Waals surface area (Å²) in [6.07, 6.45) is 0. The summed E-state index contributed by atoms with van der Waals surface area (Å²) in [5.74, 6) is -1.41. The summed E-state index contributed by atoms with van der Waals surface area (Å²) in [5.41, 5.74) is -1.05. The Balaban J connectivity index is 3.05. The molecule has 0 fully saturated rings. The number of nitro groups is 1. The Morgan fingerprint density at radius 3 is 2.48 bits per heavy atom. The monoisotopic (exact) mass is 295 g/mol. The van der Waals surface area contributed by atoms with E-state index in [1.54, 1.807) is 13.8 Å². The van der Waals surface area contributed by atoms with E-state index in [-0.39, 0.29) is 29.4 Å². The molecule has 8 heteroatoms. The summed E-state index contributed by atoms with van der Waals surface area (Å²) in [4.78, 5) is 32.9. The van der Waals surface area contributed by atoms with Crippen LogP contribution < -0.4 is 10.6 Å². The van der Waals surface area contributed by atoms with Crippen LogP contribution in [0.4, 0.5) is 11.4 Å². The van der Waals surface area contributed by atoms with Crippen LogP contribution in [0.15, 0.2) is 18.2 Å². The molecule has 0 aliphatic carbocycles. The zero-order valence-electron chi connectivity index (χ0n) is 12.0. The van der Waals surface area contributed by atoms with E-state index < -0.39 is 16.3 Å². The molecule has 1 aromatic carbocycles. The first-order valence-electron chi connectivity index (χ1n) is 6.17. The van der Waals surface area contributed by atoms with Gasteiger partial charge in [0.25, 0.3) is 5.69 Å². The zero-order chi connectivity index (χ0) is 16.2. The number of nitrogens with zero attached hydrogens (tertiary/aromatic N) is 1. The number of carbonyl (C=O) groups is 2. The van der Waals surface area contributed by atoms with Crippen LogP contribution in [-0.2, 0) is 4.79 Å². The number of carbonyl (C=O) groups excluding carboxylic acids is 1. The maximum Gasteiger partial charge on any atom is 0.335 e. The minimum absolute atomic E-state index is 0.0666. The van der Waals surface area contributed by atoms with Gasteiger partial charge in [0.1, 0.15) is 5.69 Å². The van der Waals surface area contributed by atoms with E-state index in [1.807, 2.05) is 0 Å². The van der Waals surface area contributed by atoms with Crippen molar-refractivity contribution in [2.45, 2.75) is 13.8 Å². The molecule has 0 bridgehead atoms. The highest BCUT2D eigenvalue weighted by atomic mass is 16.6. The molecule has 114 valence electrons. The summed E-state index contributed by atoms with van der Waals surface area (Å²) in [7, 11) is 1.50. The van der Waals surface area contributed by atoms with Crippen molar-refractivity contribution >= 4 is 23.3 Å². The fourth-order valence-electron chi connectivity index (χ4n) is 1.70. The molecule has 0 saturated heterocycles. The van der Waals surface area contributed by atoms with E-state index in [2.05, 4.69) is 10.6 Å². The second-order valence-corrected chi connectivity index (χ2v) is 5.11. The number of hydrogen-bond acceptors (Lipinski definition) is 5. The van der Waals surface area contributed by atoms with Gasteiger partial charge >= 0.3 is 5.97 Å². The van der Waals surface area contributed by atoms with Gasteiger partial charge in [0.15, 0.2) is 0 Å². The van der Waals surface area contributed by atoms with E-state index in [4.69, 9.17) is 5.11 Å². The second kappa shape index (κ2) is 6.21. The van der Waals surface area contributed by atoms with Crippen molar-refractivity contribution in [1.82, 2.24) is 5.32 Å². The molecule has 0 aromatic heterocycles. The summed E-state index contributed by atoms with van der Waals surface area (Å²) in [6.45, 7) is 3.47. The molecule has 0 unspecified atom stereocenters. The van der Waals surface area contributed by atoms with Crippen LogP contribution in [0.1, 0.15) is 24.2 Å². The zero-order valence-corrected chi connectivity index (χ0v) is 12.0. The molecule has 3 N–H and O–H groups in total. The number of anilines is 1. The SMILES string of the molecule is CNC(=O)C(C)(C)CNc1cc(C(=O)O)ccc1[N+](=O)[O-]. The molecule has 1 aromatic rings. The van der Waals surface area contributed by atoms with Gasteiger partial charge in [-0.1, -0.05) is 0 Å². The number of carboxylic acids is 1. The van der Waals surface area contributed by atoms with Gasteiger partial charge in [0, 0.05) is 19.7 Å². The van der Waals surface area contributed by atoms with Gasteiger partial charge in [-0.3, -0.25) is 14.9 Å². The van der Waals surface area contributed by atoms with E-state index in [9.17, 15) is 19.7 Å². The lowest BCUT2D eigenvalue weighted by Gasteiger charge is -2.23. The van der Waals surface area contributed by atoms with Crippen molar-refractivity contribution < 1.29 is 19.6 Å². The maximum absolute atomic E-state index is 11.7. The van der Waals surface area contributed by atoms with Crippen molar-refractivity contribution in [1.29, 1.82) is 0 Å². The summed E-state index contributed by atoms with van der Waals surface area (Å²) in [6, 6.07) is 3.47. The molecule has 0 spiro atoms. The van der Waals surface area contributed by atoms with Gasteiger partial charge in [-0.05, 0) is 26.0 Å². The fraction of sp³-hybridized carbons (Fsp3) is 0.385. The molecule has 1 amide bonds. The number of nitrogens with one attached hydrogen (secondary N) is 2. The van der Waals surface area contributed by atoms with Gasteiger partial charge in [0.05, 0.1) is 15.9 Å². The Morgan fingerprint density at radius 2 is 2.00 bits per heavy atom. The summed E-state index contributed by atoms with van der Waals surface area (Å²) in [5, 5.41) is 25.2. The number of hydrogen-bond donors (Lipinski definition) is 3. The third-order valence-corrected chi connectivity index (χ3v) is 3.00. The smallest absolute Gasteiger partial charge is 0.335 e. The number of benzene rings is 1. The molecule has 0 aliphatic heterocycles. The normalized spacial score (nSPS) is 10.8. The van der Waals surface area contributed by atoms with Gasteiger partial charge in [-0.15, -0.1) is 0 Å². The van der Waals surface area contributed by atoms with E-state index >= 15 is 0 Å². The number of rotatable bonds is 6. The Labute approximate surface area is 121 Å². The minimum Gasteiger partial charge on any atom is -0.478 e. The lowest BCUT2D eigenvalue weighted by molar-refractivity contribution is -0.384. The number of aromatic carboxylic acids is 1. The Bertz CT molecular complexity index is 583. The molecule has 0 aliphatic rings. The van der Waals surface area contributed by atoms with Crippen LogP contribution in [0.25, 0.3) is 0 Å². The van der Waals surface area contributed by atoms with Crippen LogP contribution in [0.3, 0.4) is 0 Å². The first kappa shape index (κ1) is 16.4. The highest BCUT2D eigenvalue weighted by Crippen LogP contribution is 2.27. The lowest BCUT2D eigenvalue weighted by Crippen LogP contribution is -2.39. The van der Waals surface area contributed by atoms with Gasteiger partial charge in [0.2, 0.25) is 5.91 Å². The van der Waals surface area contributed by atoms with Gasteiger partial charge in [-0.25, -0.2) is 4.79 Å². The average Bonchev–Trinajstić information content (AvgIpc) is 2.43. The topological polar surface area (TPSA) is 122 Å². The summed E-state index contributed by atoms with van der Waals surface area (Å²) < 4.78 is 0. The maximum atomic E-state index is 11.7. The first-order chi connectivity index (χ1) is 9.69. The minimum atomic E-state index is -1.18. The number of amides is 1. The Hall–Kier alpha value is -2.64. The Morgan fingerprint density at radius 1 is 1.38 bits per heavy atom. The predicted molar refractivity (Wildman–Crippen MR) is 76.4 cm³/mol. The molecule has 8 nitrogen and oxygen atoms in total. The van der Waals surface area contributed by atoms with E-state index in [0.29, 0.717) is 0 Å². The standard InChI is InChI=1S/C13H17N3O5/c1-13(2,12(19)14-3)7-15-9-6-8(11(17)18)4-5-10(9)16(20)21/h4-6,15H,7H2,1-3H3,(H,14,19)(H,17,18). The molecule has 0 saturated carbocycles. The predicted octanol–water partition coefficient (Wildman–Crippen LogP) is 1.48. The van der Waals surface area contributed by atoms with Crippen LogP contribution in [0, 0.1) is 15.5 Å². The summed E-state index contributed by atoms with van der Waals surface area (Å²) >= 11 is 0. The molecule has 21 heavy (non-hydrogen) atoms. The van der Waals surface area contributed by atoms with Crippen LogP contribution in [0.2, 0.25) is 0 Å². The average molecular weight is 295 g/mol.